The highest BCUT2D eigenvalue weighted by Crippen LogP contribution is 2.35. The lowest BCUT2D eigenvalue weighted by molar-refractivity contribution is -0.346. The van der Waals surface area contributed by atoms with E-state index in [9.17, 15) is 15.3 Å². The third-order valence-electron chi connectivity index (χ3n) is 9.16. The molecule has 11 heteroatoms. The Hall–Kier alpha value is -3.56. The van der Waals surface area contributed by atoms with Crippen LogP contribution >= 0.6 is 0 Å². The van der Waals surface area contributed by atoms with Crippen LogP contribution in [-0.2, 0) is 64.3 Å². The van der Waals surface area contributed by atoms with Crippen molar-refractivity contribution in [3.63, 3.8) is 0 Å². The van der Waals surface area contributed by atoms with Gasteiger partial charge in [0.05, 0.1) is 39.6 Å². The summed E-state index contributed by atoms with van der Waals surface area (Å²) in [6.07, 6.45) is -10.3. The van der Waals surface area contributed by atoms with Crippen molar-refractivity contribution in [3.8, 4) is 0 Å². The van der Waals surface area contributed by atoms with Crippen LogP contribution in [0.3, 0.4) is 0 Å². The van der Waals surface area contributed by atoms with E-state index >= 15 is 0 Å². The first-order chi connectivity index (χ1) is 25.5. The van der Waals surface area contributed by atoms with Crippen LogP contribution in [-0.4, -0.2) is 97.1 Å². The van der Waals surface area contributed by atoms with Crippen molar-refractivity contribution in [2.24, 2.45) is 0 Å². The Kier molecular flexibility index (Phi) is 14.3. The van der Waals surface area contributed by atoms with E-state index in [4.69, 9.17) is 37.9 Å². The second kappa shape index (κ2) is 19.5. The predicted octanol–water partition coefficient (Wildman–Crippen LogP) is 4.15. The Morgan fingerprint density at radius 3 is 1.52 bits per heavy atom. The van der Waals surface area contributed by atoms with Gasteiger partial charge in [-0.1, -0.05) is 121 Å². The number of ether oxygens (including phenoxy) is 8. The molecule has 0 radical (unpaired) electrons. The quantitative estimate of drug-likeness (QED) is 0.137. The van der Waals surface area contributed by atoms with Gasteiger partial charge in [0.1, 0.15) is 48.8 Å². The minimum absolute atomic E-state index is 0.142. The highest BCUT2D eigenvalue weighted by molar-refractivity contribution is 5.16. The maximum atomic E-state index is 11.6. The summed E-state index contributed by atoms with van der Waals surface area (Å²) >= 11 is 0. The van der Waals surface area contributed by atoms with Gasteiger partial charge in [0.15, 0.2) is 12.6 Å². The summed E-state index contributed by atoms with van der Waals surface area (Å²) in [7, 11) is 1.50. The second-order valence-electron chi connectivity index (χ2n) is 12.9. The minimum atomic E-state index is -1.35. The van der Waals surface area contributed by atoms with E-state index in [1.807, 2.05) is 121 Å². The zero-order valence-corrected chi connectivity index (χ0v) is 29.2. The second-order valence-corrected chi connectivity index (χ2v) is 12.9. The zero-order chi connectivity index (χ0) is 36.1. The lowest BCUT2D eigenvalue weighted by Gasteiger charge is -2.46. The van der Waals surface area contributed by atoms with Crippen molar-refractivity contribution in [2.45, 2.75) is 87.8 Å². The molecule has 11 nitrogen and oxygen atoms in total. The first kappa shape index (κ1) is 38.2. The summed E-state index contributed by atoms with van der Waals surface area (Å²) in [4.78, 5) is 0. The molecule has 0 spiro atoms. The van der Waals surface area contributed by atoms with Gasteiger partial charge in [-0.05, 0) is 22.3 Å². The summed E-state index contributed by atoms with van der Waals surface area (Å²) in [5.74, 6) is 0. The highest BCUT2D eigenvalue weighted by Gasteiger charge is 2.54. The molecule has 2 fully saturated rings. The molecule has 0 saturated carbocycles. The molecule has 52 heavy (non-hydrogen) atoms. The van der Waals surface area contributed by atoms with Crippen LogP contribution in [0.15, 0.2) is 121 Å². The molecule has 10 atom stereocenters. The summed E-state index contributed by atoms with van der Waals surface area (Å²) < 4.78 is 50.6. The molecular formula is C41H48O11. The van der Waals surface area contributed by atoms with Crippen molar-refractivity contribution < 1.29 is 53.2 Å². The molecule has 2 aliphatic rings. The third kappa shape index (κ3) is 10.1. The Morgan fingerprint density at radius 1 is 0.577 bits per heavy atom. The van der Waals surface area contributed by atoms with Crippen molar-refractivity contribution in [1.82, 2.24) is 0 Å². The maximum Gasteiger partial charge on any atom is 0.187 e. The lowest BCUT2D eigenvalue weighted by atomic mass is 9.97. The van der Waals surface area contributed by atoms with Gasteiger partial charge in [0.25, 0.3) is 0 Å². The van der Waals surface area contributed by atoms with Gasteiger partial charge >= 0.3 is 0 Å². The number of benzene rings is 4. The molecule has 6 rings (SSSR count). The number of hydrogen-bond acceptors (Lipinski definition) is 11. The van der Waals surface area contributed by atoms with Crippen LogP contribution in [0.4, 0.5) is 0 Å². The van der Waals surface area contributed by atoms with Crippen LogP contribution in [0, 0.1) is 0 Å². The first-order valence-electron chi connectivity index (χ1n) is 17.6. The Labute approximate surface area is 304 Å². The molecule has 2 aliphatic heterocycles. The molecule has 0 bridgehead atoms. The molecule has 278 valence electrons. The van der Waals surface area contributed by atoms with Gasteiger partial charge in [-0.25, -0.2) is 0 Å². The van der Waals surface area contributed by atoms with E-state index in [2.05, 4.69) is 0 Å². The molecule has 4 aromatic rings. The van der Waals surface area contributed by atoms with E-state index in [-0.39, 0.29) is 26.4 Å². The van der Waals surface area contributed by atoms with Gasteiger partial charge < -0.3 is 53.2 Å². The normalized spacial score (nSPS) is 28.1. The number of rotatable bonds is 18. The molecule has 0 aliphatic carbocycles. The standard InChI is InChI=1S/C41H48O11/c1-45-41-39(52-40-34(44)37(35(51-40)32(43)22-42)48-25-30-18-10-4-11-19-30)38(49-26-31-20-12-5-13-21-31)36(47-24-29-16-8-3-9-17-29)33(50-41)27-46-23-28-14-6-2-7-15-28/h2-21,32-44H,22-27H2,1H3/t32-,33-,34-,35+,36-,37-,38+,39+,40-,41+/m1/s1. The highest BCUT2D eigenvalue weighted by atomic mass is 16.8. The fourth-order valence-corrected chi connectivity index (χ4v) is 6.44. The fraction of sp³-hybridized carbons (Fsp3) is 0.415. The summed E-state index contributed by atoms with van der Waals surface area (Å²) in [6, 6.07) is 38.8. The molecular weight excluding hydrogens is 668 g/mol. The molecule has 0 unspecified atom stereocenters. The number of aliphatic hydroxyl groups excluding tert-OH is 3. The predicted molar refractivity (Wildman–Crippen MR) is 189 cm³/mol. The van der Waals surface area contributed by atoms with Crippen molar-refractivity contribution >= 4 is 0 Å². The third-order valence-corrected chi connectivity index (χ3v) is 9.16. The molecule has 0 aromatic heterocycles. The number of hydrogen-bond donors (Lipinski definition) is 3. The maximum absolute atomic E-state index is 11.6. The zero-order valence-electron chi connectivity index (χ0n) is 29.2. The molecule has 2 saturated heterocycles. The van der Waals surface area contributed by atoms with Gasteiger partial charge in [0.2, 0.25) is 0 Å². The molecule has 0 amide bonds. The van der Waals surface area contributed by atoms with Gasteiger partial charge in [-0.2, -0.15) is 0 Å². The van der Waals surface area contributed by atoms with E-state index in [1.54, 1.807) is 0 Å². The average Bonchev–Trinajstić information content (AvgIpc) is 3.51. The van der Waals surface area contributed by atoms with Crippen LogP contribution < -0.4 is 0 Å². The Balaban J connectivity index is 1.26. The van der Waals surface area contributed by atoms with Crippen molar-refractivity contribution in [2.75, 3.05) is 20.3 Å². The largest absolute Gasteiger partial charge is 0.394 e. The SMILES string of the molecule is CO[C@H]1O[C@H](COCc2ccccc2)[C@@H](OCc2ccccc2)[C@H](OCc2ccccc2)[C@@H]1O[C@H]1O[C@@H]([C@H](O)CO)[C@H](OCc2ccccc2)[C@H]1O. The van der Waals surface area contributed by atoms with E-state index < -0.39 is 68.0 Å². The van der Waals surface area contributed by atoms with E-state index in [1.165, 1.54) is 7.11 Å². The number of methoxy groups -OCH3 is 1. The fourth-order valence-electron chi connectivity index (χ4n) is 6.44. The van der Waals surface area contributed by atoms with Gasteiger partial charge in [0, 0.05) is 7.11 Å². The summed E-state index contributed by atoms with van der Waals surface area (Å²) in [5, 5.41) is 32.2. The summed E-state index contributed by atoms with van der Waals surface area (Å²) in [5.41, 5.74) is 3.76. The van der Waals surface area contributed by atoms with Crippen LogP contribution in [0.25, 0.3) is 0 Å². The van der Waals surface area contributed by atoms with Crippen LogP contribution in [0.2, 0.25) is 0 Å². The monoisotopic (exact) mass is 716 g/mol. The average molecular weight is 717 g/mol. The molecule has 4 aromatic carbocycles. The molecule has 2 heterocycles. The van der Waals surface area contributed by atoms with Gasteiger partial charge in [-0.3, -0.25) is 0 Å². The summed E-state index contributed by atoms with van der Waals surface area (Å²) in [6.45, 7) is 0.527. The van der Waals surface area contributed by atoms with Crippen LogP contribution in [0.5, 0.6) is 0 Å². The Bertz CT molecular complexity index is 1570. The first-order valence-corrected chi connectivity index (χ1v) is 17.6. The van der Waals surface area contributed by atoms with Crippen LogP contribution in [0.1, 0.15) is 22.3 Å². The smallest absolute Gasteiger partial charge is 0.187 e. The minimum Gasteiger partial charge on any atom is -0.394 e. The van der Waals surface area contributed by atoms with E-state index in [0.717, 1.165) is 22.3 Å². The molecule has 3 N–H and O–H groups in total. The topological polar surface area (TPSA) is 135 Å². The van der Waals surface area contributed by atoms with Gasteiger partial charge in [-0.15, -0.1) is 0 Å². The Morgan fingerprint density at radius 2 is 1.04 bits per heavy atom. The van der Waals surface area contributed by atoms with Crippen molar-refractivity contribution in [1.29, 1.82) is 0 Å². The van der Waals surface area contributed by atoms with E-state index in [0.29, 0.717) is 6.61 Å². The lowest BCUT2D eigenvalue weighted by Crippen LogP contribution is -2.62. The number of aliphatic hydroxyl groups is 3. The van der Waals surface area contributed by atoms with Crippen molar-refractivity contribution in [3.05, 3.63) is 144 Å².